The Bertz CT molecular complexity index is 154. The fourth-order valence-corrected chi connectivity index (χ4v) is 3.53. The molecule has 1 saturated carbocycles. The SMILES string of the molecule is CCCC1CC1NCC1CCSC1. The van der Waals surface area contributed by atoms with Gasteiger partial charge in [-0.15, -0.1) is 0 Å². The van der Waals surface area contributed by atoms with Crippen LogP contribution in [0.25, 0.3) is 0 Å². The van der Waals surface area contributed by atoms with Gasteiger partial charge in [-0.3, -0.25) is 0 Å². The summed E-state index contributed by atoms with van der Waals surface area (Å²) >= 11 is 2.13. The van der Waals surface area contributed by atoms with Gasteiger partial charge in [-0.1, -0.05) is 13.3 Å². The molecule has 0 bridgehead atoms. The lowest BCUT2D eigenvalue weighted by Crippen LogP contribution is -2.25. The highest BCUT2D eigenvalue weighted by atomic mass is 32.2. The molecule has 2 aliphatic rings. The summed E-state index contributed by atoms with van der Waals surface area (Å²) in [6, 6.07) is 0.894. The van der Waals surface area contributed by atoms with E-state index in [1.165, 1.54) is 43.7 Å². The van der Waals surface area contributed by atoms with Crippen molar-refractivity contribution in [2.75, 3.05) is 18.1 Å². The summed E-state index contributed by atoms with van der Waals surface area (Å²) in [6.07, 6.45) is 5.70. The zero-order valence-electron chi connectivity index (χ0n) is 8.59. The summed E-state index contributed by atoms with van der Waals surface area (Å²) in [5.74, 6) is 4.81. The quantitative estimate of drug-likeness (QED) is 0.730. The molecule has 13 heavy (non-hydrogen) atoms. The van der Waals surface area contributed by atoms with Crippen LogP contribution >= 0.6 is 11.8 Å². The maximum atomic E-state index is 3.72. The molecule has 1 N–H and O–H groups in total. The number of hydrogen-bond donors (Lipinski definition) is 1. The molecule has 1 aliphatic heterocycles. The molecule has 1 nitrogen and oxygen atoms in total. The summed E-state index contributed by atoms with van der Waals surface area (Å²) in [7, 11) is 0. The second kappa shape index (κ2) is 4.70. The standard InChI is InChI=1S/C11H21NS/c1-2-3-10-6-11(10)12-7-9-4-5-13-8-9/h9-12H,2-8H2,1H3. The first-order chi connectivity index (χ1) is 6.40. The molecule has 2 fully saturated rings. The predicted molar refractivity (Wildman–Crippen MR) is 60.2 cm³/mol. The minimum atomic E-state index is 0.894. The van der Waals surface area contributed by atoms with E-state index >= 15 is 0 Å². The van der Waals surface area contributed by atoms with Gasteiger partial charge in [0, 0.05) is 6.04 Å². The highest BCUT2D eigenvalue weighted by Gasteiger charge is 2.35. The summed E-state index contributed by atoms with van der Waals surface area (Å²) in [4.78, 5) is 0. The number of rotatable bonds is 5. The molecule has 1 saturated heterocycles. The minimum absolute atomic E-state index is 0.894. The Morgan fingerprint density at radius 2 is 2.38 bits per heavy atom. The van der Waals surface area contributed by atoms with E-state index in [4.69, 9.17) is 0 Å². The van der Waals surface area contributed by atoms with Crippen LogP contribution in [0.1, 0.15) is 32.6 Å². The molecular weight excluding hydrogens is 178 g/mol. The van der Waals surface area contributed by atoms with Crippen molar-refractivity contribution in [1.29, 1.82) is 0 Å². The Morgan fingerprint density at radius 1 is 1.46 bits per heavy atom. The van der Waals surface area contributed by atoms with Crippen molar-refractivity contribution in [3.05, 3.63) is 0 Å². The summed E-state index contributed by atoms with van der Waals surface area (Å²) in [5.41, 5.74) is 0. The molecule has 3 unspecified atom stereocenters. The first kappa shape index (κ1) is 9.85. The molecule has 0 radical (unpaired) electrons. The predicted octanol–water partition coefficient (Wildman–Crippen LogP) is 2.52. The molecule has 0 aromatic carbocycles. The van der Waals surface area contributed by atoms with Crippen molar-refractivity contribution < 1.29 is 0 Å². The Kier molecular flexibility index (Phi) is 3.56. The average molecular weight is 199 g/mol. The van der Waals surface area contributed by atoms with Crippen molar-refractivity contribution in [2.45, 2.75) is 38.6 Å². The molecule has 2 heteroatoms. The van der Waals surface area contributed by atoms with Gasteiger partial charge in [0.25, 0.3) is 0 Å². The molecular formula is C11H21NS. The highest BCUT2D eigenvalue weighted by Crippen LogP contribution is 2.35. The number of thioether (sulfide) groups is 1. The van der Waals surface area contributed by atoms with Crippen molar-refractivity contribution in [2.24, 2.45) is 11.8 Å². The first-order valence-electron chi connectivity index (χ1n) is 5.71. The topological polar surface area (TPSA) is 12.0 Å². The Labute approximate surface area is 86.0 Å². The van der Waals surface area contributed by atoms with Crippen LogP contribution in [-0.4, -0.2) is 24.1 Å². The number of nitrogens with one attached hydrogen (secondary N) is 1. The van der Waals surface area contributed by atoms with Crippen LogP contribution in [0.15, 0.2) is 0 Å². The van der Waals surface area contributed by atoms with E-state index in [9.17, 15) is 0 Å². The van der Waals surface area contributed by atoms with Gasteiger partial charge < -0.3 is 5.32 Å². The van der Waals surface area contributed by atoms with Crippen LogP contribution < -0.4 is 5.32 Å². The van der Waals surface area contributed by atoms with Crippen molar-refractivity contribution >= 4 is 11.8 Å². The Hall–Kier alpha value is 0.310. The first-order valence-corrected chi connectivity index (χ1v) is 6.86. The van der Waals surface area contributed by atoms with E-state index in [-0.39, 0.29) is 0 Å². The average Bonchev–Trinajstić information content (AvgIpc) is 2.66. The molecule has 3 atom stereocenters. The van der Waals surface area contributed by atoms with Crippen molar-refractivity contribution in [3.63, 3.8) is 0 Å². The van der Waals surface area contributed by atoms with Gasteiger partial charge in [-0.25, -0.2) is 0 Å². The lowest BCUT2D eigenvalue weighted by molar-refractivity contribution is 0.502. The zero-order chi connectivity index (χ0) is 9.10. The Morgan fingerprint density at radius 3 is 3.08 bits per heavy atom. The van der Waals surface area contributed by atoms with Gasteiger partial charge in [-0.2, -0.15) is 11.8 Å². The third-order valence-electron chi connectivity index (χ3n) is 3.27. The van der Waals surface area contributed by atoms with Gasteiger partial charge in [-0.05, 0) is 49.1 Å². The van der Waals surface area contributed by atoms with Crippen LogP contribution in [0.3, 0.4) is 0 Å². The summed E-state index contributed by atoms with van der Waals surface area (Å²) in [5, 5.41) is 3.72. The summed E-state index contributed by atoms with van der Waals surface area (Å²) in [6.45, 7) is 3.58. The maximum absolute atomic E-state index is 3.72. The van der Waals surface area contributed by atoms with Gasteiger partial charge in [0.2, 0.25) is 0 Å². The monoisotopic (exact) mass is 199 g/mol. The van der Waals surface area contributed by atoms with Crippen LogP contribution in [0.4, 0.5) is 0 Å². The zero-order valence-corrected chi connectivity index (χ0v) is 9.41. The molecule has 76 valence electrons. The van der Waals surface area contributed by atoms with Gasteiger partial charge >= 0.3 is 0 Å². The smallest absolute Gasteiger partial charge is 0.00992 e. The van der Waals surface area contributed by atoms with E-state index in [0.717, 1.165) is 17.9 Å². The second-order valence-corrected chi connectivity index (χ2v) is 5.68. The Balaban J connectivity index is 1.54. The normalized spacial score (nSPS) is 38.1. The molecule has 0 amide bonds. The van der Waals surface area contributed by atoms with Gasteiger partial charge in [0.05, 0.1) is 0 Å². The fraction of sp³-hybridized carbons (Fsp3) is 1.00. The van der Waals surface area contributed by atoms with Crippen LogP contribution in [0.2, 0.25) is 0 Å². The lowest BCUT2D eigenvalue weighted by atomic mass is 10.1. The lowest BCUT2D eigenvalue weighted by Gasteiger charge is -2.09. The van der Waals surface area contributed by atoms with Gasteiger partial charge in [0.15, 0.2) is 0 Å². The molecule has 2 rings (SSSR count). The van der Waals surface area contributed by atoms with Crippen molar-refractivity contribution in [1.82, 2.24) is 5.32 Å². The van der Waals surface area contributed by atoms with E-state index in [2.05, 4.69) is 24.0 Å². The third kappa shape index (κ3) is 2.88. The molecule has 1 aliphatic carbocycles. The van der Waals surface area contributed by atoms with Crippen LogP contribution in [0, 0.1) is 11.8 Å². The largest absolute Gasteiger partial charge is 0.313 e. The molecule has 0 aromatic heterocycles. The molecule has 0 aromatic rings. The maximum Gasteiger partial charge on any atom is 0.00992 e. The van der Waals surface area contributed by atoms with E-state index in [1.54, 1.807) is 0 Å². The summed E-state index contributed by atoms with van der Waals surface area (Å²) < 4.78 is 0. The number of hydrogen-bond acceptors (Lipinski definition) is 2. The van der Waals surface area contributed by atoms with Gasteiger partial charge in [0.1, 0.15) is 0 Å². The van der Waals surface area contributed by atoms with Crippen LogP contribution in [-0.2, 0) is 0 Å². The third-order valence-corrected chi connectivity index (χ3v) is 4.51. The van der Waals surface area contributed by atoms with E-state index in [0.29, 0.717) is 0 Å². The molecule has 0 spiro atoms. The second-order valence-electron chi connectivity index (χ2n) is 4.53. The molecule has 1 heterocycles. The highest BCUT2D eigenvalue weighted by molar-refractivity contribution is 7.99. The minimum Gasteiger partial charge on any atom is -0.313 e. The van der Waals surface area contributed by atoms with Crippen molar-refractivity contribution in [3.8, 4) is 0 Å². The van der Waals surface area contributed by atoms with E-state index < -0.39 is 0 Å². The van der Waals surface area contributed by atoms with Crippen LogP contribution in [0.5, 0.6) is 0 Å². The van der Waals surface area contributed by atoms with E-state index in [1.807, 2.05) is 0 Å². The fourth-order valence-electron chi connectivity index (χ4n) is 2.25.